The third kappa shape index (κ3) is 7.46. The molecule has 0 saturated heterocycles. The largest absolute Gasteiger partial charge is 0.497 e. The van der Waals surface area contributed by atoms with Gasteiger partial charge >= 0.3 is 5.97 Å². The number of anilines is 1. The molecule has 8 nitrogen and oxygen atoms in total. The Hall–Kier alpha value is -3.55. The maximum Gasteiger partial charge on any atom is 0.306 e. The van der Waals surface area contributed by atoms with Crippen molar-refractivity contribution in [2.75, 3.05) is 39.7 Å². The van der Waals surface area contributed by atoms with Crippen LogP contribution in [0.15, 0.2) is 48.5 Å². The first kappa shape index (κ1) is 22.7. The molecule has 0 aromatic heterocycles. The molecule has 2 aromatic carbocycles. The number of nitrogens with zero attached hydrogens (tertiary/aromatic N) is 1. The number of likely N-dealkylation sites (N-methyl/N-ethyl adjacent to an activating group) is 1. The first-order valence-electron chi connectivity index (χ1n) is 9.37. The number of hydrogen-bond acceptors (Lipinski definition) is 6. The second-order valence-electron chi connectivity index (χ2n) is 6.54. The van der Waals surface area contributed by atoms with Crippen molar-refractivity contribution in [1.29, 1.82) is 0 Å². The number of amides is 2. The molecule has 0 heterocycles. The lowest BCUT2D eigenvalue weighted by Crippen LogP contribution is -2.37. The van der Waals surface area contributed by atoms with Crippen LogP contribution in [0.5, 0.6) is 11.5 Å². The van der Waals surface area contributed by atoms with E-state index in [2.05, 4.69) is 5.32 Å². The zero-order chi connectivity index (χ0) is 21.9. The highest BCUT2D eigenvalue weighted by atomic mass is 16.5. The molecule has 0 aliphatic carbocycles. The number of benzene rings is 2. The van der Waals surface area contributed by atoms with Crippen LogP contribution < -0.4 is 14.8 Å². The predicted molar refractivity (Wildman–Crippen MR) is 112 cm³/mol. The number of hydrogen-bond donors (Lipinski definition) is 1. The Morgan fingerprint density at radius 3 is 2.33 bits per heavy atom. The Labute approximate surface area is 175 Å². The lowest BCUT2D eigenvalue weighted by molar-refractivity contribution is -0.151. The van der Waals surface area contributed by atoms with Crippen molar-refractivity contribution in [2.45, 2.75) is 12.8 Å². The van der Waals surface area contributed by atoms with Crippen molar-refractivity contribution in [1.82, 2.24) is 4.90 Å². The van der Waals surface area contributed by atoms with Crippen molar-refractivity contribution in [2.24, 2.45) is 0 Å². The van der Waals surface area contributed by atoms with E-state index in [0.29, 0.717) is 17.9 Å². The maximum atomic E-state index is 12.1. The molecule has 0 aliphatic heterocycles. The first-order valence-corrected chi connectivity index (χ1v) is 9.37. The number of rotatable bonds is 10. The van der Waals surface area contributed by atoms with Crippen LogP contribution in [0.4, 0.5) is 5.69 Å². The summed E-state index contributed by atoms with van der Waals surface area (Å²) in [6.07, 6.45) is 0.648. The van der Waals surface area contributed by atoms with Gasteiger partial charge in [0.05, 0.1) is 20.8 Å². The number of ether oxygens (including phenoxy) is 3. The van der Waals surface area contributed by atoms with Crippen molar-refractivity contribution in [3.8, 4) is 11.5 Å². The summed E-state index contributed by atoms with van der Waals surface area (Å²) in [5, 5.41) is 2.68. The Balaban J connectivity index is 1.71. The molecular weight excluding hydrogens is 388 g/mol. The summed E-state index contributed by atoms with van der Waals surface area (Å²) in [5.74, 6) is 0.0381. The molecule has 30 heavy (non-hydrogen) atoms. The zero-order valence-electron chi connectivity index (χ0n) is 17.3. The second-order valence-corrected chi connectivity index (χ2v) is 6.54. The van der Waals surface area contributed by atoms with E-state index in [-0.39, 0.29) is 18.9 Å². The van der Waals surface area contributed by atoms with Gasteiger partial charge in [-0.1, -0.05) is 18.2 Å². The summed E-state index contributed by atoms with van der Waals surface area (Å²) in [7, 11) is 4.59. The molecule has 2 aromatic rings. The van der Waals surface area contributed by atoms with E-state index < -0.39 is 18.5 Å². The fraction of sp³-hybridized carbons (Fsp3) is 0.318. The Bertz CT molecular complexity index is 866. The van der Waals surface area contributed by atoms with Gasteiger partial charge in [-0.15, -0.1) is 0 Å². The number of esters is 1. The SMILES string of the molecule is COc1ccc(CCC(=O)OCC(=O)N(C)CC(=O)Nc2cccc(OC)c2)cc1. The minimum Gasteiger partial charge on any atom is -0.497 e. The smallest absolute Gasteiger partial charge is 0.306 e. The van der Waals surface area contributed by atoms with Gasteiger partial charge in [-0.2, -0.15) is 0 Å². The van der Waals surface area contributed by atoms with E-state index in [1.165, 1.54) is 19.1 Å². The molecule has 8 heteroatoms. The highest BCUT2D eigenvalue weighted by Gasteiger charge is 2.15. The number of carbonyl (C=O) groups excluding carboxylic acids is 3. The summed E-state index contributed by atoms with van der Waals surface area (Å²) in [6, 6.07) is 14.3. The highest BCUT2D eigenvalue weighted by molar-refractivity contribution is 5.94. The van der Waals surface area contributed by atoms with E-state index >= 15 is 0 Å². The van der Waals surface area contributed by atoms with E-state index in [1.54, 1.807) is 31.4 Å². The van der Waals surface area contributed by atoms with Gasteiger partial charge in [0.1, 0.15) is 11.5 Å². The highest BCUT2D eigenvalue weighted by Crippen LogP contribution is 2.16. The molecule has 0 spiro atoms. The number of nitrogens with one attached hydrogen (secondary N) is 1. The van der Waals surface area contributed by atoms with Gasteiger partial charge in [-0.3, -0.25) is 14.4 Å². The van der Waals surface area contributed by atoms with Gasteiger partial charge in [0.15, 0.2) is 6.61 Å². The van der Waals surface area contributed by atoms with Crippen molar-refractivity contribution >= 4 is 23.5 Å². The molecule has 0 saturated carbocycles. The third-order valence-corrected chi connectivity index (χ3v) is 4.29. The molecule has 160 valence electrons. The van der Waals surface area contributed by atoms with E-state index in [1.807, 2.05) is 24.3 Å². The van der Waals surface area contributed by atoms with Crippen LogP contribution in [0, 0.1) is 0 Å². The van der Waals surface area contributed by atoms with Crippen LogP contribution in [-0.4, -0.2) is 57.1 Å². The van der Waals surface area contributed by atoms with Crippen LogP contribution in [0.1, 0.15) is 12.0 Å². The average Bonchev–Trinajstić information content (AvgIpc) is 2.76. The molecule has 0 radical (unpaired) electrons. The summed E-state index contributed by atoms with van der Waals surface area (Å²) >= 11 is 0. The topological polar surface area (TPSA) is 94.2 Å². The van der Waals surface area contributed by atoms with Gasteiger partial charge < -0.3 is 24.4 Å². The molecule has 0 bridgehead atoms. The molecule has 2 rings (SSSR count). The molecule has 0 fully saturated rings. The summed E-state index contributed by atoms with van der Waals surface area (Å²) in [5.41, 5.74) is 1.52. The Morgan fingerprint density at radius 2 is 1.67 bits per heavy atom. The lowest BCUT2D eigenvalue weighted by Gasteiger charge is -2.17. The van der Waals surface area contributed by atoms with Crippen molar-refractivity contribution in [3.05, 3.63) is 54.1 Å². The first-order chi connectivity index (χ1) is 14.4. The average molecular weight is 414 g/mol. The van der Waals surface area contributed by atoms with Gasteiger partial charge in [-0.25, -0.2) is 0 Å². The molecule has 2 amide bonds. The van der Waals surface area contributed by atoms with Gasteiger partial charge in [0, 0.05) is 25.2 Å². The number of aryl methyl sites for hydroxylation is 1. The van der Waals surface area contributed by atoms with E-state index in [4.69, 9.17) is 14.2 Å². The minimum absolute atomic E-state index is 0.152. The maximum absolute atomic E-state index is 12.1. The third-order valence-electron chi connectivity index (χ3n) is 4.29. The summed E-state index contributed by atoms with van der Waals surface area (Å²) < 4.78 is 15.2. The Morgan fingerprint density at radius 1 is 0.967 bits per heavy atom. The van der Waals surface area contributed by atoms with Crippen molar-refractivity contribution < 1.29 is 28.6 Å². The monoisotopic (exact) mass is 414 g/mol. The van der Waals surface area contributed by atoms with Crippen molar-refractivity contribution in [3.63, 3.8) is 0 Å². The summed E-state index contributed by atoms with van der Waals surface area (Å²) in [4.78, 5) is 37.3. The van der Waals surface area contributed by atoms with E-state index in [0.717, 1.165) is 11.3 Å². The van der Waals surface area contributed by atoms with Crippen LogP contribution in [0.25, 0.3) is 0 Å². The fourth-order valence-corrected chi connectivity index (χ4v) is 2.57. The van der Waals surface area contributed by atoms with Crippen LogP contribution in [-0.2, 0) is 25.5 Å². The molecular formula is C22H26N2O6. The predicted octanol–water partition coefficient (Wildman–Crippen LogP) is 2.28. The molecule has 0 unspecified atom stereocenters. The van der Waals surface area contributed by atoms with Crippen LogP contribution in [0.3, 0.4) is 0 Å². The van der Waals surface area contributed by atoms with Gasteiger partial charge in [-0.05, 0) is 36.2 Å². The van der Waals surface area contributed by atoms with Crippen LogP contribution in [0.2, 0.25) is 0 Å². The molecule has 0 aliphatic rings. The Kier molecular flexibility index (Phi) is 8.68. The minimum atomic E-state index is -0.478. The van der Waals surface area contributed by atoms with Gasteiger partial charge in [0.2, 0.25) is 5.91 Å². The lowest BCUT2D eigenvalue weighted by atomic mass is 10.1. The summed E-state index contributed by atoms with van der Waals surface area (Å²) in [6.45, 7) is -0.580. The molecule has 1 N–H and O–H groups in total. The number of carbonyl (C=O) groups is 3. The fourth-order valence-electron chi connectivity index (χ4n) is 2.57. The normalized spacial score (nSPS) is 10.1. The standard InChI is InChI=1S/C22H26N2O6/c1-24(14-20(25)23-17-5-4-6-19(13-17)29-3)21(26)15-30-22(27)12-9-16-7-10-18(28-2)11-8-16/h4-8,10-11,13H,9,12,14-15H2,1-3H3,(H,23,25). The second kappa shape index (κ2) is 11.5. The molecule has 0 atom stereocenters. The van der Waals surface area contributed by atoms with E-state index in [9.17, 15) is 14.4 Å². The van der Waals surface area contributed by atoms with Crippen LogP contribution >= 0.6 is 0 Å². The zero-order valence-corrected chi connectivity index (χ0v) is 17.3. The quantitative estimate of drug-likeness (QED) is 0.600. The van der Waals surface area contributed by atoms with Gasteiger partial charge in [0.25, 0.3) is 5.91 Å². The number of methoxy groups -OCH3 is 2.